The number of ether oxygens (including phenoxy) is 2. The third-order valence-corrected chi connectivity index (χ3v) is 6.57. The van der Waals surface area contributed by atoms with Gasteiger partial charge in [0, 0.05) is 29.3 Å². The van der Waals surface area contributed by atoms with Crippen LogP contribution in [0.25, 0.3) is 0 Å². The molecule has 0 saturated heterocycles. The summed E-state index contributed by atoms with van der Waals surface area (Å²) in [6, 6.07) is 5.00. The number of carbonyl (C=O) groups excluding carboxylic acids is 2. The van der Waals surface area contributed by atoms with E-state index in [0.29, 0.717) is 29.0 Å². The van der Waals surface area contributed by atoms with Gasteiger partial charge in [-0.05, 0) is 62.1 Å². The van der Waals surface area contributed by atoms with Gasteiger partial charge in [0.25, 0.3) is 0 Å². The van der Waals surface area contributed by atoms with Crippen molar-refractivity contribution in [3.8, 4) is 11.5 Å². The minimum Gasteiger partial charge on any atom is -0.504 e. The molecule has 166 valence electrons. The van der Waals surface area contributed by atoms with Gasteiger partial charge in [-0.2, -0.15) is 0 Å². The second-order valence-electron chi connectivity index (χ2n) is 9.67. The number of aromatic hydroxyl groups is 1. The fraction of sp³-hybridized carbons (Fsp3) is 0.520. The van der Waals surface area contributed by atoms with Crippen LogP contribution < -0.4 is 10.1 Å². The number of phenolic OH excluding ortho intramolecular Hbond substituents is 1. The Bertz CT molecular complexity index is 982. The molecule has 0 spiro atoms. The standard InChI is InChI=1S/C25H31NO5/c1-14-21(24(29)31-16-7-5-6-8-16)22(15-9-10-18(27)20(11-15)30-4)23-17(26-14)12-25(2,3)13-19(23)28/h9-11,16,22,26-27H,5-8,12-13H2,1-4H3/t22-/m1/s1. The lowest BCUT2D eigenvalue weighted by Gasteiger charge is -2.39. The summed E-state index contributed by atoms with van der Waals surface area (Å²) in [4.78, 5) is 26.7. The molecule has 1 saturated carbocycles. The van der Waals surface area contributed by atoms with E-state index in [-0.39, 0.29) is 29.0 Å². The summed E-state index contributed by atoms with van der Waals surface area (Å²) in [6.45, 7) is 6.03. The third-order valence-electron chi connectivity index (χ3n) is 6.57. The number of hydrogen-bond acceptors (Lipinski definition) is 6. The van der Waals surface area contributed by atoms with Crippen molar-refractivity contribution < 1.29 is 24.2 Å². The van der Waals surface area contributed by atoms with E-state index in [1.807, 2.05) is 6.92 Å². The number of nitrogens with one attached hydrogen (secondary N) is 1. The summed E-state index contributed by atoms with van der Waals surface area (Å²) in [5.74, 6) is -0.569. The van der Waals surface area contributed by atoms with Gasteiger partial charge in [-0.1, -0.05) is 19.9 Å². The van der Waals surface area contributed by atoms with Crippen molar-refractivity contribution in [1.82, 2.24) is 5.32 Å². The van der Waals surface area contributed by atoms with E-state index < -0.39 is 5.92 Å². The average Bonchev–Trinajstić information content (AvgIpc) is 3.19. The van der Waals surface area contributed by atoms with Gasteiger partial charge in [0.1, 0.15) is 6.10 Å². The maximum atomic E-state index is 13.3. The summed E-state index contributed by atoms with van der Waals surface area (Å²) >= 11 is 0. The van der Waals surface area contributed by atoms with Crippen molar-refractivity contribution in [2.75, 3.05) is 7.11 Å². The number of carbonyl (C=O) groups is 2. The number of esters is 1. The number of rotatable bonds is 4. The SMILES string of the molecule is COc1cc([C@@H]2C(C(=O)OC3CCCC3)=C(C)NC3=C2C(=O)CC(C)(C)C3)ccc1O. The lowest BCUT2D eigenvalue weighted by atomic mass is 9.68. The number of allylic oxidation sites excluding steroid dienone is 3. The predicted octanol–water partition coefficient (Wildman–Crippen LogP) is 4.49. The Morgan fingerprint density at radius 1 is 1.19 bits per heavy atom. The van der Waals surface area contributed by atoms with Gasteiger partial charge in [0.05, 0.1) is 12.7 Å². The van der Waals surface area contributed by atoms with Crippen molar-refractivity contribution in [2.45, 2.75) is 71.3 Å². The van der Waals surface area contributed by atoms with Crippen LogP contribution >= 0.6 is 0 Å². The molecule has 4 rings (SSSR count). The number of hydrogen-bond donors (Lipinski definition) is 2. The highest BCUT2D eigenvalue weighted by molar-refractivity contribution is 6.04. The van der Waals surface area contributed by atoms with Crippen LogP contribution in [0.1, 0.15) is 70.8 Å². The molecule has 0 unspecified atom stereocenters. The minimum atomic E-state index is -0.553. The Balaban J connectivity index is 1.81. The summed E-state index contributed by atoms with van der Waals surface area (Å²) in [5, 5.41) is 13.4. The smallest absolute Gasteiger partial charge is 0.337 e. The molecule has 0 bridgehead atoms. The molecule has 2 N–H and O–H groups in total. The summed E-state index contributed by atoms with van der Waals surface area (Å²) in [7, 11) is 1.48. The van der Waals surface area contributed by atoms with Crippen LogP contribution in [0.3, 0.4) is 0 Å². The molecule has 6 heteroatoms. The van der Waals surface area contributed by atoms with E-state index in [4.69, 9.17) is 9.47 Å². The second kappa shape index (κ2) is 8.06. The van der Waals surface area contributed by atoms with Crippen LogP contribution in [0.4, 0.5) is 0 Å². The molecule has 0 aromatic heterocycles. The molecule has 1 aliphatic heterocycles. The first-order valence-corrected chi connectivity index (χ1v) is 11.0. The number of dihydropyridines is 1. The van der Waals surface area contributed by atoms with E-state index in [1.165, 1.54) is 7.11 Å². The van der Waals surface area contributed by atoms with Crippen LogP contribution in [0, 0.1) is 5.41 Å². The molecule has 1 atom stereocenters. The number of ketones is 1. The predicted molar refractivity (Wildman–Crippen MR) is 117 cm³/mol. The molecule has 3 aliphatic rings. The third kappa shape index (κ3) is 4.08. The first-order valence-electron chi connectivity index (χ1n) is 11.0. The van der Waals surface area contributed by atoms with E-state index in [2.05, 4.69) is 19.2 Å². The number of benzene rings is 1. The van der Waals surface area contributed by atoms with Crippen LogP contribution in [0.15, 0.2) is 40.7 Å². The molecule has 31 heavy (non-hydrogen) atoms. The molecule has 1 heterocycles. The largest absolute Gasteiger partial charge is 0.504 e. The molecule has 0 amide bonds. The molecule has 0 radical (unpaired) electrons. The van der Waals surface area contributed by atoms with Crippen molar-refractivity contribution in [2.24, 2.45) is 5.41 Å². The zero-order valence-corrected chi connectivity index (χ0v) is 18.7. The van der Waals surface area contributed by atoms with E-state index >= 15 is 0 Å². The van der Waals surface area contributed by atoms with Gasteiger partial charge < -0.3 is 19.9 Å². The Morgan fingerprint density at radius 3 is 2.58 bits per heavy atom. The van der Waals surface area contributed by atoms with Crippen molar-refractivity contribution >= 4 is 11.8 Å². The van der Waals surface area contributed by atoms with Crippen LogP contribution in [-0.4, -0.2) is 30.1 Å². The van der Waals surface area contributed by atoms with Gasteiger partial charge in [0.15, 0.2) is 17.3 Å². The molecular weight excluding hydrogens is 394 g/mol. The maximum Gasteiger partial charge on any atom is 0.337 e. The number of phenols is 1. The minimum absolute atomic E-state index is 0.0151. The molecule has 2 aliphatic carbocycles. The zero-order chi connectivity index (χ0) is 22.3. The summed E-state index contributed by atoms with van der Waals surface area (Å²) in [5.41, 5.74) is 3.25. The Morgan fingerprint density at radius 2 is 1.90 bits per heavy atom. The molecule has 1 fully saturated rings. The van der Waals surface area contributed by atoms with Gasteiger partial charge in [-0.3, -0.25) is 4.79 Å². The van der Waals surface area contributed by atoms with Crippen LogP contribution in [0.2, 0.25) is 0 Å². The first kappa shape index (κ1) is 21.5. The lowest BCUT2D eigenvalue weighted by Crippen LogP contribution is -2.39. The first-order chi connectivity index (χ1) is 14.7. The maximum absolute atomic E-state index is 13.3. The van der Waals surface area contributed by atoms with Crippen molar-refractivity contribution in [3.63, 3.8) is 0 Å². The lowest BCUT2D eigenvalue weighted by molar-refractivity contribution is -0.144. The van der Waals surface area contributed by atoms with Gasteiger partial charge >= 0.3 is 5.97 Å². The second-order valence-corrected chi connectivity index (χ2v) is 9.67. The quantitative estimate of drug-likeness (QED) is 0.692. The molecular formula is C25H31NO5. The fourth-order valence-electron chi connectivity index (χ4n) is 5.13. The van der Waals surface area contributed by atoms with E-state index in [9.17, 15) is 14.7 Å². The molecule has 6 nitrogen and oxygen atoms in total. The topological polar surface area (TPSA) is 84.9 Å². The monoisotopic (exact) mass is 425 g/mol. The van der Waals surface area contributed by atoms with Gasteiger partial charge in [-0.15, -0.1) is 0 Å². The van der Waals surface area contributed by atoms with E-state index in [0.717, 1.165) is 43.4 Å². The highest BCUT2D eigenvalue weighted by Crippen LogP contribution is 2.48. The highest BCUT2D eigenvalue weighted by atomic mass is 16.5. The number of methoxy groups -OCH3 is 1. The number of Topliss-reactive ketones (excluding diaryl/α,β-unsaturated/α-hetero) is 1. The fourth-order valence-corrected chi connectivity index (χ4v) is 5.13. The zero-order valence-electron chi connectivity index (χ0n) is 18.7. The van der Waals surface area contributed by atoms with Crippen LogP contribution in [0.5, 0.6) is 11.5 Å². The van der Waals surface area contributed by atoms with E-state index in [1.54, 1.807) is 18.2 Å². The summed E-state index contributed by atoms with van der Waals surface area (Å²) in [6.07, 6.45) is 4.96. The summed E-state index contributed by atoms with van der Waals surface area (Å²) < 4.78 is 11.2. The van der Waals surface area contributed by atoms with Crippen LogP contribution in [-0.2, 0) is 14.3 Å². The van der Waals surface area contributed by atoms with Gasteiger partial charge in [-0.25, -0.2) is 4.79 Å². The molecule has 1 aromatic rings. The Hall–Kier alpha value is -2.76. The highest BCUT2D eigenvalue weighted by Gasteiger charge is 2.43. The average molecular weight is 426 g/mol. The molecule has 1 aromatic carbocycles. The normalized spacial score (nSPS) is 23.5. The Kier molecular flexibility index (Phi) is 5.58. The van der Waals surface area contributed by atoms with Crippen molar-refractivity contribution in [1.29, 1.82) is 0 Å². The Labute approximate surface area is 183 Å². The van der Waals surface area contributed by atoms with Gasteiger partial charge in [0.2, 0.25) is 0 Å². The van der Waals surface area contributed by atoms with Crippen molar-refractivity contribution in [3.05, 3.63) is 46.3 Å².